The summed E-state index contributed by atoms with van der Waals surface area (Å²) >= 11 is 6.31. The summed E-state index contributed by atoms with van der Waals surface area (Å²) < 4.78 is 0. The van der Waals surface area contributed by atoms with E-state index in [2.05, 4.69) is 44.6 Å². The summed E-state index contributed by atoms with van der Waals surface area (Å²) in [6, 6.07) is 14.3. The molecule has 1 aliphatic heterocycles. The average molecular weight is 409 g/mol. The zero-order valence-electron chi connectivity index (χ0n) is 16.5. The second-order valence-corrected chi connectivity index (χ2v) is 7.47. The number of benzene rings is 1. The van der Waals surface area contributed by atoms with E-state index in [1.807, 2.05) is 36.5 Å². The van der Waals surface area contributed by atoms with Gasteiger partial charge in [-0.25, -0.2) is 9.98 Å². The second-order valence-electron chi connectivity index (χ2n) is 7.06. The van der Waals surface area contributed by atoms with Crippen molar-refractivity contribution in [2.75, 3.05) is 24.5 Å². The van der Waals surface area contributed by atoms with Crippen LogP contribution in [0.25, 0.3) is 10.8 Å². The van der Waals surface area contributed by atoms with Gasteiger partial charge in [0.2, 0.25) is 0 Å². The standard InChI is InChI=1S/C22H25ClN6/c1-2-24-22(27-14-20-18-7-4-3-6-16(18)9-12-25-20)28-17-10-13-29(15-17)21-19(23)8-5-11-26-21/h3-9,11-12,17H,2,10,13-15H2,1H3,(H2,24,27,28). The molecule has 7 heteroatoms. The highest BCUT2D eigenvalue weighted by Gasteiger charge is 2.25. The fourth-order valence-electron chi connectivity index (χ4n) is 3.66. The summed E-state index contributed by atoms with van der Waals surface area (Å²) in [6.07, 6.45) is 4.63. The van der Waals surface area contributed by atoms with Crippen LogP contribution in [0, 0.1) is 0 Å². The van der Waals surface area contributed by atoms with E-state index in [4.69, 9.17) is 16.6 Å². The van der Waals surface area contributed by atoms with E-state index in [-0.39, 0.29) is 6.04 Å². The Morgan fingerprint density at radius 2 is 2.07 bits per heavy atom. The van der Waals surface area contributed by atoms with Crippen LogP contribution in [0.5, 0.6) is 0 Å². The zero-order chi connectivity index (χ0) is 20.1. The van der Waals surface area contributed by atoms with E-state index in [1.165, 1.54) is 5.39 Å². The Hall–Kier alpha value is -2.86. The smallest absolute Gasteiger partial charge is 0.191 e. The maximum absolute atomic E-state index is 6.31. The van der Waals surface area contributed by atoms with Crippen molar-refractivity contribution in [3.05, 3.63) is 65.6 Å². The van der Waals surface area contributed by atoms with Crippen LogP contribution >= 0.6 is 11.6 Å². The number of nitrogens with one attached hydrogen (secondary N) is 2. The summed E-state index contributed by atoms with van der Waals surface area (Å²) in [5.41, 5.74) is 0.980. The first-order chi connectivity index (χ1) is 14.2. The van der Waals surface area contributed by atoms with Crippen molar-refractivity contribution < 1.29 is 0 Å². The highest BCUT2D eigenvalue weighted by molar-refractivity contribution is 6.32. The molecule has 0 spiro atoms. The third kappa shape index (κ3) is 4.59. The van der Waals surface area contributed by atoms with Crippen molar-refractivity contribution in [1.29, 1.82) is 0 Å². The number of guanidine groups is 1. The van der Waals surface area contributed by atoms with E-state index < -0.39 is 0 Å². The lowest BCUT2D eigenvalue weighted by atomic mass is 10.1. The predicted molar refractivity (Wildman–Crippen MR) is 120 cm³/mol. The Bertz CT molecular complexity index is 1000. The molecule has 4 rings (SSSR count). The number of nitrogens with zero attached hydrogens (tertiary/aromatic N) is 4. The van der Waals surface area contributed by atoms with Crippen molar-refractivity contribution >= 4 is 34.2 Å². The molecule has 150 valence electrons. The van der Waals surface area contributed by atoms with Crippen molar-refractivity contribution in [2.45, 2.75) is 25.9 Å². The molecular weight excluding hydrogens is 384 g/mol. The number of aromatic nitrogens is 2. The Morgan fingerprint density at radius 1 is 1.17 bits per heavy atom. The van der Waals surface area contributed by atoms with E-state index in [0.717, 1.165) is 48.9 Å². The Labute approximate surface area is 176 Å². The van der Waals surface area contributed by atoms with E-state index >= 15 is 0 Å². The number of rotatable bonds is 5. The normalized spacial score (nSPS) is 17.0. The molecule has 1 unspecified atom stereocenters. The van der Waals surface area contributed by atoms with Gasteiger partial charge in [-0.2, -0.15) is 0 Å². The minimum absolute atomic E-state index is 0.284. The summed E-state index contributed by atoms with van der Waals surface area (Å²) in [6.45, 7) is 5.16. The number of pyridine rings is 2. The summed E-state index contributed by atoms with van der Waals surface area (Å²) in [4.78, 5) is 16.0. The largest absolute Gasteiger partial charge is 0.357 e. The van der Waals surface area contributed by atoms with Crippen molar-refractivity contribution in [3.8, 4) is 0 Å². The number of hydrogen-bond acceptors (Lipinski definition) is 4. The van der Waals surface area contributed by atoms with Crippen molar-refractivity contribution in [2.24, 2.45) is 4.99 Å². The predicted octanol–water partition coefficient (Wildman–Crippen LogP) is 3.62. The number of fused-ring (bicyclic) bond motifs is 1. The van der Waals surface area contributed by atoms with Crippen LogP contribution in [-0.2, 0) is 6.54 Å². The summed E-state index contributed by atoms with van der Waals surface area (Å²) in [7, 11) is 0. The molecule has 1 fully saturated rings. The Balaban J connectivity index is 1.45. The van der Waals surface area contributed by atoms with Gasteiger partial charge in [-0.05, 0) is 36.9 Å². The van der Waals surface area contributed by atoms with Gasteiger partial charge < -0.3 is 15.5 Å². The fraction of sp³-hybridized carbons (Fsp3) is 0.318. The lowest BCUT2D eigenvalue weighted by Crippen LogP contribution is -2.44. The SMILES string of the molecule is CCNC(=NCc1nccc2ccccc12)NC1CCN(c2ncccc2Cl)C1. The molecule has 1 aliphatic rings. The average Bonchev–Trinajstić information content (AvgIpc) is 3.20. The van der Waals surface area contributed by atoms with Crippen LogP contribution in [0.2, 0.25) is 5.02 Å². The lowest BCUT2D eigenvalue weighted by molar-refractivity contribution is 0.648. The van der Waals surface area contributed by atoms with Crippen molar-refractivity contribution in [1.82, 2.24) is 20.6 Å². The highest BCUT2D eigenvalue weighted by Crippen LogP contribution is 2.25. The molecule has 1 atom stereocenters. The molecule has 3 aromatic rings. The van der Waals surface area contributed by atoms with Gasteiger partial charge >= 0.3 is 0 Å². The molecule has 0 aliphatic carbocycles. The second kappa shape index (κ2) is 9.09. The first-order valence-corrected chi connectivity index (χ1v) is 10.4. The molecule has 3 heterocycles. The van der Waals surface area contributed by atoms with Crippen LogP contribution in [0.3, 0.4) is 0 Å². The summed E-state index contributed by atoms with van der Waals surface area (Å²) in [5.74, 6) is 1.65. The lowest BCUT2D eigenvalue weighted by Gasteiger charge is -2.20. The third-order valence-corrected chi connectivity index (χ3v) is 5.35. The molecule has 2 aromatic heterocycles. The molecule has 0 saturated carbocycles. The third-order valence-electron chi connectivity index (χ3n) is 5.06. The highest BCUT2D eigenvalue weighted by atomic mass is 35.5. The minimum atomic E-state index is 0.284. The van der Waals surface area contributed by atoms with E-state index in [1.54, 1.807) is 6.20 Å². The van der Waals surface area contributed by atoms with Gasteiger partial charge in [0.15, 0.2) is 5.96 Å². The molecule has 29 heavy (non-hydrogen) atoms. The van der Waals surface area contributed by atoms with E-state index in [9.17, 15) is 0 Å². The molecule has 1 saturated heterocycles. The minimum Gasteiger partial charge on any atom is -0.357 e. The van der Waals surface area contributed by atoms with Crippen LogP contribution in [0.4, 0.5) is 5.82 Å². The molecule has 0 radical (unpaired) electrons. The summed E-state index contributed by atoms with van der Waals surface area (Å²) in [5, 5.41) is 9.92. The number of anilines is 1. The topological polar surface area (TPSA) is 65.4 Å². The van der Waals surface area contributed by atoms with Gasteiger partial charge in [0.1, 0.15) is 5.82 Å². The van der Waals surface area contributed by atoms with Gasteiger partial charge in [-0.15, -0.1) is 0 Å². The van der Waals surface area contributed by atoms with Crippen LogP contribution < -0.4 is 15.5 Å². The van der Waals surface area contributed by atoms with Crippen molar-refractivity contribution in [3.63, 3.8) is 0 Å². The van der Waals surface area contributed by atoms with Gasteiger partial charge in [0.05, 0.1) is 17.3 Å². The number of aliphatic imine (C=N–C) groups is 1. The van der Waals surface area contributed by atoms with Gasteiger partial charge in [-0.3, -0.25) is 4.98 Å². The molecule has 0 amide bonds. The molecular formula is C22H25ClN6. The number of halogens is 1. The first kappa shape index (κ1) is 19.5. The zero-order valence-corrected chi connectivity index (χ0v) is 17.2. The molecule has 0 bridgehead atoms. The maximum Gasteiger partial charge on any atom is 0.191 e. The van der Waals surface area contributed by atoms with Crippen LogP contribution in [0.1, 0.15) is 19.0 Å². The number of hydrogen-bond donors (Lipinski definition) is 2. The maximum atomic E-state index is 6.31. The quantitative estimate of drug-likeness (QED) is 0.498. The Morgan fingerprint density at radius 3 is 2.93 bits per heavy atom. The first-order valence-electron chi connectivity index (χ1n) is 9.97. The monoisotopic (exact) mass is 408 g/mol. The van der Waals surface area contributed by atoms with Gasteiger partial charge in [0, 0.05) is 43.5 Å². The van der Waals surface area contributed by atoms with Gasteiger partial charge in [0.25, 0.3) is 0 Å². The van der Waals surface area contributed by atoms with E-state index in [0.29, 0.717) is 11.6 Å². The van der Waals surface area contributed by atoms with Crippen LogP contribution in [0.15, 0.2) is 59.9 Å². The molecule has 6 nitrogen and oxygen atoms in total. The fourth-order valence-corrected chi connectivity index (χ4v) is 3.90. The Kier molecular flexibility index (Phi) is 6.10. The molecule has 2 N–H and O–H groups in total. The van der Waals surface area contributed by atoms with Crippen LogP contribution in [-0.4, -0.2) is 41.6 Å². The molecule has 1 aromatic carbocycles. The van der Waals surface area contributed by atoms with Gasteiger partial charge in [-0.1, -0.05) is 35.9 Å².